The van der Waals surface area contributed by atoms with E-state index in [1.807, 2.05) is 0 Å². The highest BCUT2D eigenvalue weighted by Crippen LogP contribution is 2.41. The first-order valence-electron chi connectivity index (χ1n) is 9.88. The average molecular weight is 477 g/mol. The summed E-state index contributed by atoms with van der Waals surface area (Å²) in [5.41, 5.74) is 3.56. The van der Waals surface area contributed by atoms with Gasteiger partial charge in [0.15, 0.2) is 0 Å². The number of pyridine rings is 2. The molecule has 0 aliphatic carbocycles. The van der Waals surface area contributed by atoms with Crippen LogP contribution in [0, 0.1) is 5.82 Å². The molecular formula is C20H21F6N5O2. The Hall–Kier alpha value is -3.09. The number of nitrogens with zero attached hydrogens (tertiary/aromatic N) is 3. The zero-order valence-corrected chi connectivity index (χ0v) is 17.4. The number of carbonyl (C=O) groups excluding carboxylic acids is 1. The van der Waals surface area contributed by atoms with Crippen molar-refractivity contribution >= 4 is 17.4 Å². The maximum atomic E-state index is 14.8. The SMILES string of the molecule is CC(C(=O)Nc1ccc(F)cn1)N1CCC(F)(F)C(c2cc(N)c(=O)n(CC(F)(F)F)c2)C1. The maximum absolute atomic E-state index is 14.8. The van der Waals surface area contributed by atoms with E-state index in [9.17, 15) is 35.9 Å². The number of halogens is 6. The number of alkyl halides is 5. The zero-order valence-electron chi connectivity index (χ0n) is 17.4. The largest absolute Gasteiger partial charge is 0.406 e. The molecular weight excluding hydrogens is 456 g/mol. The highest BCUT2D eigenvalue weighted by molar-refractivity contribution is 5.93. The van der Waals surface area contributed by atoms with E-state index in [1.54, 1.807) is 0 Å². The standard InChI is InChI=1S/C20H21F6N5O2/c1-11(17(32)29-16-3-2-13(21)7-28-16)30-5-4-19(22,23)14(9-30)12-6-15(27)18(33)31(8-12)10-20(24,25)26/h2-3,6-8,11,14H,4-5,9-10,27H2,1H3,(H,28,29,32). The molecule has 2 atom stereocenters. The zero-order chi connectivity index (χ0) is 24.6. The van der Waals surface area contributed by atoms with Crippen molar-refractivity contribution in [2.24, 2.45) is 0 Å². The van der Waals surface area contributed by atoms with Crippen LogP contribution in [0.5, 0.6) is 0 Å². The number of nitrogens with two attached hydrogens (primary N) is 1. The van der Waals surface area contributed by atoms with Gasteiger partial charge in [-0.3, -0.25) is 14.5 Å². The van der Waals surface area contributed by atoms with Crippen molar-refractivity contribution < 1.29 is 31.1 Å². The molecule has 3 heterocycles. The minimum absolute atomic E-state index is 0.0686. The molecule has 180 valence electrons. The summed E-state index contributed by atoms with van der Waals surface area (Å²) in [5.74, 6) is -6.03. The van der Waals surface area contributed by atoms with Crippen molar-refractivity contribution in [3.05, 3.63) is 52.3 Å². The Morgan fingerprint density at radius 3 is 2.67 bits per heavy atom. The van der Waals surface area contributed by atoms with Gasteiger partial charge < -0.3 is 15.6 Å². The third kappa shape index (κ3) is 5.83. The Kier molecular flexibility index (Phi) is 6.73. The maximum Gasteiger partial charge on any atom is 0.406 e. The number of piperidine rings is 1. The smallest absolute Gasteiger partial charge is 0.394 e. The lowest BCUT2D eigenvalue weighted by atomic mass is 9.87. The van der Waals surface area contributed by atoms with Crippen molar-refractivity contribution in [2.45, 2.75) is 43.9 Å². The Labute approximate surface area is 184 Å². The first-order valence-corrected chi connectivity index (χ1v) is 9.88. The molecule has 1 aliphatic rings. The third-order valence-corrected chi connectivity index (χ3v) is 5.45. The van der Waals surface area contributed by atoms with Gasteiger partial charge in [0, 0.05) is 25.7 Å². The molecule has 33 heavy (non-hydrogen) atoms. The number of amides is 1. The van der Waals surface area contributed by atoms with E-state index in [0.717, 1.165) is 24.5 Å². The molecule has 3 N–H and O–H groups in total. The Bertz CT molecular complexity index is 1070. The Morgan fingerprint density at radius 2 is 2.06 bits per heavy atom. The number of hydrogen-bond donors (Lipinski definition) is 2. The third-order valence-electron chi connectivity index (χ3n) is 5.45. The number of rotatable bonds is 5. The first-order chi connectivity index (χ1) is 15.3. The average Bonchev–Trinajstić information content (AvgIpc) is 2.71. The molecule has 0 bridgehead atoms. The Morgan fingerprint density at radius 1 is 1.36 bits per heavy atom. The van der Waals surface area contributed by atoms with Crippen LogP contribution in [0.2, 0.25) is 0 Å². The van der Waals surface area contributed by atoms with Gasteiger partial charge in [-0.15, -0.1) is 0 Å². The number of anilines is 2. The molecule has 3 rings (SSSR count). The van der Waals surface area contributed by atoms with E-state index < -0.39 is 60.0 Å². The van der Waals surface area contributed by atoms with Crippen LogP contribution in [0.15, 0.2) is 35.4 Å². The number of nitrogens with one attached hydrogen (secondary N) is 1. The van der Waals surface area contributed by atoms with Gasteiger partial charge in [0.1, 0.15) is 18.2 Å². The van der Waals surface area contributed by atoms with Crippen LogP contribution < -0.4 is 16.6 Å². The predicted octanol–water partition coefficient (Wildman–Crippen LogP) is 2.98. The second-order valence-corrected chi connectivity index (χ2v) is 7.86. The summed E-state index contributed by atoms with van der Waals surface area (Å²) in [5, 5.41) is 2.46. The van der Waals surface area contributed by atoms with Gasteiger partial charge >= 0.3 is 6.18 Å². The topological polar surface area (TPSA) is 93.2 Å². The molecule has 1 amide bonds. The summed E-state index contributed by atoms with van der Waals surface area (Å²) in [7, 11) is 0. The van der Waals surface area contributed by atoms with Crippen LogP contribution in [0.4, 0.5) is 37.8 Å². The van der Waals surface area contributed by atoms with E-state index in [4.69, 9.17) is 5.73 Å². The highest BCUT2D eigenvalue weighted by Gasteiger charge is 2.47. The summed E-state index contributed by atoms with van der Waals surface area (Å²) in [4.78, 5) is 29.6. The van der Waals surface area contributed by atoms with Crippen LogP contribution in [0.1, 0.15) is 24.8 Å². The summed E-state index contributed by atoms with van der Waals surface area (Å²) < 4.78 is 81.2. The lowest BCUT2D eigenvalue weighted by Gasteiger charge is -2.41. The van der Waals surface area contributed by atoms with Crippen molar-refractivity contribution in [1.29, 1.82) is 0 Å². The Balaban J connectivity index is 1.83. The van der Waals surface area contributed by atoms with Crippen LogP contribution >= 0.6 is 0 Å². The summed E-state index contributed by atoms with van der Waals surface area (Å²) >= 11 is 0. The predicted molar refractivity (Wildman–Crippen MR) is 107 cm³/mol. The van der Waals surface area contributed by atoms with Gasteiger partial charge in [0.05, 0.1) is 23.8 Å². The fraction of sp³-hybridized carbons (Fsp3) is 0.450. The van der Waals surface area contributed by atoms with Gasteiger partial charge in [0.2, 0.25) is 5.91 Å². The molecule has 0 saturated carbocycles. The number of likely N-dealkylation sites (tertiary alicyclic amines) is 1. The van der Waals surface area contributed by atoms with Crippen molar-refractivity contribution in [3.8, 4) is 0 Å². The quantitative estimate of drug-likeness (QED) is 0.646. The fourth-order valence-corrected chi connectivity index (χ4v) is 3.66. The number of aromatic nitrogens is 2. The van der Waals surface area contributed by atoms with Crippen molar-refractivity contribution in [1.82, 2.24) is 14.5 Å². The molecule has 0 radical (unpaired) electrons. The van der Waals surface area contributed by atoms with Crippen LogP contribution in [-0.2, 0) is 11.3 Å². The van der Waals surface area contributed by atoms with Gasteiger partial charge in [-0.2, -0.15) is 13.2 Å². The van der Waals surface area contributed by atoms with Gasteiger partial charge in [-0.25, -0.2) is 18.2 Å². The highest BCUT2D eigenvalue weighted by atomic mass is 19.4. The molecule has 2 unspecified atom stereocenters. The molecule has 2 aromatic rings. The number of nitrogen functional groups attached to an aromatic ring is 1. The van der Waals surface area contributed by atoms with Gasteiger partial charge in [0.25, 0.3) is 11.5 Å². The fourth-order valence-electron chi connectivity index (χ4n) is 3.66. The van der Waals surface area contributed by atoms with Crippen LogP contribution in [0.25, 0.3) is 0 Å². The summed E-state index contributed by atoms with van der Waals surface area (Å²) in [6.45, 7) is -0.734. The normalized spacial score (nSPS) is 19.8. The van der Waals surface area contributed by atoms with Crippen LogP contribution in [-0.4, -0.2) is 51.6 Å². The molecule has 7 nitrogen and oxygen atoms in total. The van der Waals surface area contributed by atoms with Crippen molar-refractivity contribution in [2.75, 3.05) is 24.1 Å². The van der Waals surface area contributed by atoms with Gasteiger partial charge in [-0.1, -0.05) is 0 Å². The second kappa shape index (κ2) is 9.04. The molecule has 1 fully saturated rings. The molecule has 0 aromatic carbocycles. The molecule has 0 spiro atoms. The number of carbonyl (C=O) groups is 1. The summed E-state index contributed by atoms with van der Waals surface area (Å²) in [6.07, 6.45) is -3.78. The van der Waals surface area contributed by atoms with E-state index in [2.05, 4.69) is 10.3 Å². The number of hydrogen-bond acceptors (Lipinski definition) is 5. The van der Waals surface area contributed by atoms with Crippen molar-refractivity contribution in [3.63, 3.8) is 0 Å². The minimum Gasteiger partial charge on any atom is -0.394 e. The first kappa shape index (κ1) is 24.6. The van der Waals surface area contributed by atoms with E-state index in [0.29, 0.717) is 0 Å². The van der Waals surface area contributed by atoms with E-state index in [1.165, 1.54) is 17.9 Å². The van der Waals surface area contributed by atoms with Crippen LogP contribution in [0.3, 0.4) is 0 Å². The van der Waals surface area contributed by atoms with E-state index >= 15 is 0 Å². The van der Waals surface area contributed by atoms with Gasteiger partial charge in [-0.05, 0) is 30.7 Å². The monoisotopic (exact) mass is 477 g/mol. The minimum atomic E-state index is -4.75. The molecule has 1 aliphatic heterocycles. The summed E-state index contributed by atoms with van der Waals surface area (Å²) in [6, 6.07) is 2.36. The second-order valence-electron chi connectivity index (χ2n) is 7.86. The lowest BCUT2D eigenvalue weighted by molar-refractivity contribution is -0.141. The molecule has 1 saturated heterocycles. The lowest BCUT2D eigenvalue weighted by Crippen LogP contribution is -2.52. The molecule has 13 heteroatoms. The van der Waals surface area contributed by atoms with E-state index in [-0.39, 0.29) is 29.0 Å². The molecule has 2 aromatic heterocycles.